The summed E-state index contributed by atoms with van der Waals surface area (Å²) in [5.74, 6) is 0.455. The average molecular weight is 492 g/mol. The Hall–Kier alpha value is -4.00. The number of rotatable bonds is 7. The van der Waals surface area contributed by atoms with Gasteiger partial charge < -0.3 is 24.3 Å². The number of anilines is 1. The minimum atomic E-state index is -0.503. The molecule has 0 unspecified atom stereocenters. The van der Waals surface area contributed by atoms with E-state index < -0.39 is 11.8 Å². The van der Waals surface area contributed by atoms with Gasteiger partial charge in [-0.2, -0.15) is 0 Å². The fourth-order valence-corrected chi connectivity index (χ4v) is 4.67. The molecule has 7 heteroatoms. The number of ether oxygens (including phenoxy) is 4. The summed E-state index contributed by atoms with van der Waals surface area (Å²) in [6, 6.07) is 13.2. The van der Waals surface area contributed by atoms with Crippen molar-refractivity contribution in [2.75, 3.05) is 26.6 Å². The van der Waals surface area contributed by atoms with Gasteiger partial charge in [-0.1, -0.05) is 12.1 Å². The Labute approximate surface area is 210 Å². The maximum Gasteiger partial charge on any atom is 0.338 e. The largest absolute Gasteiger partial charge is 0.496 e. The van der Waals surface area contributed by atoms with E-state index >= 15 is 0 Å². The molecule has 36 heavy (non-hydrogen) atoms. The van der Waals surface area contributed by atoms with Crippen molar-refractivity contribution in [1.82, 2.24) is 0 Å². The molecule has 0 spiro atoms. The molecule has 0 saturated carbocycles. The molecule has 3 aromatic rings. The van der Waals surface area contributed by atoms with Crippen molar-refractivity contribution < 1.29 is 28.1 Å². The second kappa shape index (κ2) is 9.93. The first kappa shape index (κ1) is 25.1. The van der Waals surface area contributed by atoms with Gasteiger partial charge in [-0.05, 0) is 68.3 Å². The van der Waals surface area contributed by atoms with E-state index in [0.29, 0.717) is 28.4 Å². The number of hydrogen-bond acceptors (Lipinski definition) is 6. The first-order valence-corrected chi connectivity index (χ1v) is 11.5. The van der Waals surface area contributed by atoms with Gasteiger partial charge in [0, 0.05) is 28.4 Å². The van der Waals surface area contributed by atoms with Crippen LogP contribution < -0.4 is 19.5 Å². The SMILES string of the molecule is COc1ccc(C(=O)OCc2c(-c3ccc(F)cc3OC)ccc3c2C(C)=CC(C)(C)N3)cc1OC. The van der Waals surface area contributed by atoms with E-state index in [2.05, 4.69) is 25.2 Å². The van der Waals surface area contributed by atoms with Crippen molar-refractivity contribution >= 4 is 17.2 Å². The van der Waals surface area contributed by atoms with Crippen molar-refractivity contribution in [2.45, 2.75) is 32.9 Å². The Bertz CT molecular complexity index is 1350. The number of allylic oxidation sites excluding steroid dienone is 1. The molecule has 0 radical (unpaired) electrons. The summed E-state index contributed by atoms with van der Waals surface area (Å²) in [6.45, 7) is 6.21. The van der Waals surface area contributed by atoms with Crippen LogP contribution in [0.3, 0.4) is 0 Å². The van der Waals surface area contributed by atoms with Gasteiger partial charge in [-0.25, -0.2) is 9.18 Å². The number of hydrogen-bond donors (Lipinski definition) is 1. The fourth-order valence-electron chi connectivity index (χ4n) is 4.67. The molecule has 1 N–H and O–H groups in total. The molecular weight excluding hydrogens is 461 g/mol. The van der Waals surface area contributed by atoms with Crippen LogP contribution in [0.2, 0.25) is 0 Å². The highest BCUT2D eigenvalue weighted by atomic mass is 19.1. The molecule has 188 valence electrons. The predicted octanol–water partition coefficient (Wildman–Crippen LogP) is 6.48. The Balaban J connectivity index is 1.78. The van der Waals surface area contributed by atoms with Crippen LogP contribution in [0.4, 0.5) is 10.1 Å². The van der Waals surface area contributed by atoms with Crippen LogP contribution in [0.5, 0.6) is 17.2 Å². The van der Waals surface area contributed by atoms with Crippen molar-refractivity contribution in [1.29, 1.82) is 0 Å². The minimum absolute atomic E-state index is 0.000492. The number of carbonyl (C=O) groups excluding carboxylic acids is 1. The lowest BCUT2D eigenvalue weighted by Crippen LogP contribution is -2.32. The zero-order valence-corrected chi connectivity index (χ0v) is 21.3. The van der Waals surface area contributed by atoms with Crippen LogP contribution >= 0.6 is 0 Å². The number of methoxy groups -OCH3 is 3. The zero-order chi connectivity index (χ0) is 26.0. The second-order valence-corrected chi connectivity index (χ2v) is 9.18. The lowest BCUT2D eigenvalue weighted by Gasteiger charge is -2.33. The maximum absolute atomic E-state index is 13.9. The molecule has 3 aromatic carbocycles. The summed E-state index contributed by atoms with van der Waals surface area (Å²) in [7, 11) is 4.54. The number of benzene rings is 3. The molecular formula is C29H30FNO5. The fraction of sp³-hybridized carbons (Fsp3) is 0.276. The van der Waals surface area contributed by atoms with Crippen LogP contribution in [-0.4, -0.2) is 32.8 Å². The van der Waals surface area contributed by atoms with Gasteiger partial charge in [0.25, 0.3) is 0 Å². The first-order chi connectivity index (χ1) is 17.2. The van der Waals surface area contributed by atoms with Gasteiger partial charge in [-0.3, -0.25) is 0 Å². The molecule has 1 heterocycles. The van der Waals surface area contributed by atoms with Gasteiger partial charge in [0.15, 0.2) is 11.5 Å². The molecule has 4 rings (SSSR count). The van der Waals surface area contributed by atoms with Gasteiger partial charge in [-0.15, -0.1) is 0 Å². The van der Waals surface area contributed by atoms with Crippen molar-refractivity contribution in [2.24, 2.45) is 0 Å². The summed E-state index contributed by atoms with van der Waals surface area (Å²) in [5.41, 5.74) is 5.32. The van der Waals surface area contributed by atoms with E-state index in [-0.39, 0.29) is 12.1 Å². The molecule has 0 saturated heterocycles. The van der Waals surface area contributed by atoms with Gasteiger partial charge >= 0.3 is 5.97 Å². The highest BCUT2D eigenvalue weighted by Gasteiger charge is 2.27. The second-order valence-electron chi connectivity index (χ2n) is 9.18. The molecule has 0 fully saturated rings. The third-order valence-corrected chi connectivity index (χ3v) is 6.16. The minimum Gasteiger partial charge on any atom is -0.496 e. The Morgan fingerprint density at radius 1 is 0.889 bits per heavy atom. The lowest BCUT2D eigenvalue weighted by atomic mass is 9.85. The molecule has 1 aliphatic heterocycles. The molecule has 0 aliphatic carbocycles. The van der Waals surface area contributed by atoms with Crippen molar-refractivity contribution in [3.63, 3.8) is 0 Å². The molecule has 0 aromatic heterocycles. The van der Waals surface area contributed by atoms with E-state index in [0.717, 1.165) is 28.0 Å². The van der Waals surface area contributed by atoms with Crippen LogP contribution in [0.25, 0.3) is 16.7 Å². The molecule has 0 atom stereocenters. The number of carbonyl (C=O) groups is 1. The monoisotopic (exact) mass is 491 g/mol. The van der Waals surface area contributed by atoms with E-state index in [4.69, 9.17) is 18.9 Å². The number of nitrogens with one attached hydrogen (secondary N) is 1. The number of fused-ring (bicyclic) bond motifs is 1. The standard InChI is InChI=1S/C29H30FNO5/c1-17-15-29(2,3)31-23-11-10-20(21-9-8-19(30)14-25(21)34-5)22(27(17)23)16-36-28(32)18-7-12-24(33-4)26(13-18)35-6/h7-15,31H,16H2,1-6H3. The summed E-state index contributed by atoms with van der Waals surface area (Å²) >= 11 is 0. The third kappa shape index (κ3) is 4.87. The van der Waals surface area contributed by atoms with Crippen LogP contribution in [0.15, 0.2) is 54.6 Å². The van der Waals surface area contributed by atoms with Gasteiger partial charge in [0.2, 0.25) is 0 Å². The number of esters is 1. The predicted molar refractivity (Wildman–Crippen MR) is 138 cm³/mol. The van der Waals surface area contributed by atoms with Gasteiger partial charge in [0.1, 0.15) is 18.2 Å². The molecule has 0 bridgehead atoms. The normalized spacial score (nSPS) is 13.7. The van der Waals surface area contributed by atoms with Crippen LogP contribution in [0.1, 0.15) is 42.3 Å². The summed E-state index contributed by atoms with van der Waals surface area (Å²) in [5, 5.41) is 3.53. The quantitative estimate of drug-likeness (QED) is 0.382. The molecule has 1 aliphatic rings. The topological polar surface area (TPSA) is 66.0 Å². The third-order valence-electron chi connectivity index (χ3n) is 6.16. The van der Waals surface area contributed by atoms with Crippen LogP contribution in [-0.2, 0) is 11.3 Å². The Kier molecular flexibility index (Phi) is 6.93. The van der Waals surface area contributed by atoms with E-state index in [9.17, 15) is 9.18 Å². The average Bonchev–Trinajstić information content (AvgIpc) is 2.85. The lowest BCUT2D eigenvalue weighted by molar-refractivity contribution is 0.0472. The smallest absolute Gasteiger partial charge is 0.338 e. The van der Waals surface area contributed by atoms with Crippen molar-refractivity contribution in [3.8, 4) is 28.4 Å². The van der Waals surface area contributed by atoms with Gasteiger partial charge in [0.05, 0.1) is 32.4 Å². The Morgan fingerprint density at radius 3 is 2.28 bits per heavy atom. The van der Waals surface area contributed by atoms with Crippen LogP contribution in [0, 0.1) is 5.82 Å². The van der Waals surface area contributed by atoms with E-state index in [1.54, 1.807) is 24.3 Å². The Morgan fingerprint density at radius 2 is 1.58 bits per heavy atom. The first-order valence-electron chi connectivity index (χ1n) is 11.5. The van der Waals surface area contributed by atoms with Crippen molar-refractivity contribution in [3.05, 3.63) is 77.1 Å². The maximum atomic E-state index is 13.9. The molecule has 6 nitrogen and oxygen atoms in total. The van der Waals surface area contributed by atoms with E-state index in [1.165, 1.54) is 33.5 Å². The zero-order valence-electron chi connectivity index (χ0n) is 21.3. The summed E-state index contributed by atoms with van der Waals surface area (Å²) < 4.78 is 35.8. The summed E-state index contributed by atoms with van der Waals surface area (Å²) in [4.78, 5) is 13.0. The summed E-state index contributed by atoms with van der Waals surface area (Å²) in [6.07, 6.45) is 2.14. The highest BCUT2D eigenvalue weighted by molar-refractivity contribution is 5.91. The highest BCUT2D eigenvalue weighted by Crippen LogP contribution is 2.43. The van der Waals surface area contributed by atoms with E-state index in [1.807, 2.05) is 19.1 Å². The number of halogens is 1. The molecule has 0 amide bonds.